The molecule has 3 rings (SSSR count). The fraction of sp³-hybridized carbons (Fsp3) is 0.500. The molecule has 2 aromatic heterocycles. The van der Waals surface area contributed by atoms with Crippen LogP contribution in [0.2, 0.25) is 0 Å². The molecule has 1 saturated heterocycles. The molecular weight excluding hydrogens is 338 g/mol. The van der Waals surface area contributed by atoms with Crippen molar-refractivity contribution in [3.05, 3.63) is 42.0 Å². The second-order valence-corrected chi connectivity index (χ2v) is 8.04. The summed E-state index contributed by atoms with van der Waals surface area (Å²) in [7, 11) is 0. The highest BCUT2D eigenvalue weighted by atomic mass is 15.3. The lowest BCUT2D eigenvalue weighted by atomic mass is 9.97. The number of aromatic nitrogens is 3. The number of hydrogen-bond acceptors (Lipinski definition) is 7. The van der Waals surface area contributed by atoms with E-state index in [0.29, 0.717) is 0 Å². The lowest BCUT2D eigenvalue weighted by molar-refractivity contribution is 0.249. The van der Waals surface area contributed by atoms with Gasteiger partial charge < -0.3 is 10.2 Å². The van der Waals surface area contributed by atoms with Crippen molar-refractivity contribution in [2.24, 2.45) is 5.41 Å². The zero-order valence-corrected chi connectivity index (χ0v) is 16.3. The largest absolute Gasteiger partial charge is 0.369 e. The van der Waals surface area contributed by atoms with Gasteiger partial charge in [-0.3, -0.25) is 4.90 Å². The minimum Gasteiger partial charge on any atom is -0.369 e. The lowest BCUT2D eigenvalue weighted by Crippen LogP contribution is -2.46. The molecule has 7 nitrogen and oxygen atoms in total. The van der Waals surface area contributed by atoms with Crippen molar-refractivity contribution in [1.82, 2.24) is 19.9 Å². The molecule has 27 heavy (non-hydrogen) atoms. The number of nitrogens with zero attached hydrogens (tertiary/aromatic N) is 6. The average Bonchev–Trinajstić information content (AvgIpc) is 2.68. The molecule has 3 heterocycles. The molecule has 0 saturated carbocycles. The number of piperazine rings is 1. The van der Waals surface area contributed by atoms with Crippen molar-refractivity contribution in [1.29, 1.82) is 5.26 Å². The zero-order chi connectivity index (χ0) is 19.3. The summed E-state index contributed by atoms with van der Waals surface area (Å²) in [5, 5.41) is 12.5. The van der Waals surface area contributed by atoms with E-state index in [1.165, 1.54) is 0 Å². The van der Waals surface area contributed by atoms with E-state index >= 15 is 0 Å². The Labute approximate surface area is 161 Å². The van der Waals surface area contributed by atoms with Crippen LogP contribution >= 0.6 is 0 Å². The number of nitrogens with one attached hydrogen (secondary N) is 1. The smallest absolute Gasteiger partial charge is 0.234 e. The number of nitriles is 1. The van der Waals surface area contributed by atoms with Crippen molar-refractivity contribution in [2.45, 2.75) is 27.3 Å². The second kappa shape index (κ2) is 8.31. The Kier molecular flexibility index (Phi) is 5.87. The quantitative estimate of drug-likeness (QED) is 0.872. The molecule has 1 fully saturated rings. The minimum atomic E-state index is 0.128. The first-order valence-electron chi connectivity index (χ1n) is 9.33. The van der Waals surface area contributed by atoms with Gasteiger partial charge in [-0.15, -0.1) is 0 Å². The predicted molar refractivity (Wildman–Crippen MR) is 106 cm³/mol. The van der Waals surface area contributed by atoms with Crippen LogP contribution in [0, 0.1) is 16.7 Å². The third-order valence-electron chi connectivity index (χ3n) is 4.49. The zero-order valence-electron chi connectivity index (χ0n) is 16.3. The van der Waals surface area contributed by atoms with E-state index in [1.54, 1.807) is 6.20 Å². The van der Waals surface area contributed by atoms with Crippen molar-refractivity contribution >= 4 is 11.6 Å². The topological polar surface area (TPSA) is 81.0 Å². The fourth-order valence-corrected chi connectivity index (χ4v) is 3.00. The van der Waals surface area contributed by atoms with Gasteiger partial charge in [0.05, 0.1) is 0 Å². The van der Waals surface area contributed by atoms with Gasteiger partial charge in [-0.1, -0.05) is 26.8 Å². The van der Waals surface area contributed by atoms with Gasteiger partial charge in [0.15, 0.2) is 0 Å². The van der Waals surface area contributed by atoms with Crippen LogP contribution in [-0.4, -0.2) is 52.6 Å². The van der Waals surface area contributed by atoms with E-state index in [2.05, 4.69) is 56.9 Å². The molecule has 1 N–H and O–H groups in total. The highest BCUT2D eigenvalue weighted by molar-refractivity contribution is 5.44. The fourth-order valence-electron chi connectivity index (χ4n) is 3.00. The number of hydrogen-bond donors (Lipinski definition) is 1. The Morgan fingerprint density at radius 3 is 2.56 bits per heavy atom. The van der Waals surface area contributed by atoms with Crippen LogP contribution in [-0.2, 0) is 6.54 Å². The number of pyridine rings is 1. The summed E-state index contributed by atoms with van der Waals surface area (Å²) in [6.45, 7) is 11.9. The van der Waals surface area contributed by atoms with E-state index in [4.69, 9.17) is 5.26 Å². The molecule has 142 valence electrons. The van der Waals surface area contributed by atoms with Crippen LogP contribution in [0.5, 0.6) is 0 Å². The summed E-state index contributed by atoms with van der Waals surface area (Å²) in [6, 6.07) is 8.05. The summed E-state index contributed by atoms with van der Waals surface area (Å²) in [6.07, 6.45) is 3.62. The Morgan fingerprint density at radius 2 is 1.93 bits per heavy atom. The Morgan fingerprint density at radius 1 is 1.15 bits per heavy atom. The first kappa shape index (κ1) is 19.1. The van der Waals surface area contributed by atoms with Gasteiger partial charge in [0.25, 0.3) is 0 Å². The van der Waals surface area contributed by atoms with Gasteiger partial charge in [-0.25, -0.2) is 15.0 Å². The van der Waals surface area contributed by atoms with Crippen molar-refractivity contribution in [2.75, 3.05) is 42.9 Å². The maximum atomic E-state index is 9.12. The maximum Gasteiger partial charge on any atom is 0.234 e. The van der Waals surface area contributed by atoms with Gasteiger partial charge in [0.1, 0.15) is 17.7 Å². The first-order valence-corrected chi connectivity index (χ1v) is 9.33. The highest BCUT2D eigenvalue weighted by Gasteiger charge is 2.20. The molecular formula is C20H27N7. The van der Waals surface area contributed by atoms with E-state index in [1.807, 2.05) is 24.4 Å². The van der Waals surface area contributed by atoms with Crippen LogP contribution < -0.4 is 10.2 Å². The van der Waals surface area contributed by atoms with E-state index < -0.39 is 0 Å². The molecule has 0 aromatic carbocycles. The van der Waals surface area contributed by atoms with Crippen LogP contribution in [0.4, 0.5) is 11.6 Å². The van der Waals surface area contributed by atoms with E-state index in [-0.39, 0.29) is 11.2 Å². The van der Waals surface area contributed by atoms with Crippen LogP contribution in [0.3, 0.4) is 0 Å². The van der Waals surface area contributed by atoms with Gasteiger partial charge in [-0.05, 0) is 17.5 Å². The molecule has 7 heteroatoms. The first-order chi connectivity index (χ1) is 12.9. The minimum absolute atomic E-state index is 0.128. The highest BCUT2D eigenvalue weighted by Crippen LogP contribution is 2.20. The molecule has 0 aliphatic carbocycles. The molecule has 0 spiro atoms. The second-order valence-electron chi connectivity index (χ2n) is 8.04. The molecule has 1 aliphatic rings. The molecule has 1 aliphatic heterocycles. The molecule has 0 bridgehead atoms. The summed E-state index contributed by atoms with van der Waals surface area (Å²) in [5.74, 6) is 2.00. The summed E-state index contributed by atoms with van der Waals surface area (Å²) >= 11 is 0. The number of rotatable bonds is 5. The van der Waals surface area contributed by atoms with Gasteiger partial charge in [0.2, 0.25) is 5.82 Å². The molecule has 2 aromatic rings. The molecule has 0 amide bonds. The Bertz CT molecular complexity index is 784. The van der Waals surface area contributed by atoms with E-state index in [9.17, 15) is 0 Å². The van der Waals surface area contributed by atoms with Crippen molar-refractivity contribution in [3.8, 4) is 6.07 Å². The average molecular weight is 365 g/mol. The van der Waals surface area contributed by atoms with Crippen molar-refractivity contribution < 1.29 is 0 Å². The van der Waals surface area contributed by atoms with E-state index in [0.717, 1.165) is 56.5 Å². The maximum absolute atomic E-state index is 9.12. The lowest BCUT2D eigenvalue weighted by Gasteiger charge is -2.35. The van der Waals surface area contributed by atoms with Gasteiger partial charge >= 0.3 is 0 Å². The molecule has 0 atom stereocenters. The van der Waals surface area contributed by atoms with Crippen LogP contribution in [0.1, 0.15) is 32.2 Å². The van der Waals surface area contributed by atoms with Gasteiger partial charge in [0, 0.05) is 57.2 Å². The number of anilines is 2. The van der Waals surface area contributed by atoms with Crippen LogP contribution in [0.15, 0.2) is 30.6 Å². The Hall–Kier alpha value is -2.72. The molecule has 0 unspecified atom stereocenters. The molecule has 0 radical (unpaired) electrons. The third kappa shape index (κ3) is 5.38. The van der Waals surface area contributed by atoms with Gasteiger partial charge in [-0.2, -0.15) is 5.26 Å². The standard InChI is InChI=1S/C20H27N7/c1-20(2,3)15-24-19-16(13-23-17(12-21)25-19)14-26-8-10-27(11-9-26)18-6-4-5-7-22-18/h4-7,13H,8-11,14-15H2,1-3H3,(H,23,24,25). The summed E-state index contributed by atoms with van der Waals surface area (Å²) in [4.78, 5) is 17.7. The third-order valence-corrected chi connectivity index (χ3v) is 4.49. The Balaban J connectivity index is 1.64. The summed E-state index contributed by atoms with van der Waals surface area (Å²) in [5.41, 5.74) is 1.16. The van der Waals surface area contributed by atoms with Crippen LogP contribution in [0.25, 0.3) is 0 Å². The van der Waals surface area contributed by atoms with Crippen molar-refractivity contribution in [3.63, 3.8) is 0 Å². The SMILES string of the molecule is CC(C)(C)CNc1nc(C#N)ncc1CN1CCN(c2ccccn2)CC1. The normalized spacial score (nSPS) is 15.4. The predicted octanol–water partition coefficient (Wildman–Crippen LogP) is 2.52. The monoisotopic (exact) mass is 365 g/mol. The summed E-state index contributed by atoms with van der Waals surface area (Å²) < 4.78 is 0.